The van der Waals surface area contributed by atoms with Crippen molar-refractivity contribution in [3.8, 4) is 0 Å². The van der Waals surface area contributed by atoms with E-state index < -0.39 is 0 Å². The van der Waals surface area contributed by atoms with Crippen LogP contribution in [0.1, 0.15) is 30.7 Å². The van der Waals surface area contributed by atoms with E-state index in [0.717, 1.165) is 25.9 Å². The Morgan fingerprint density at radius 1 is 1.20 bits per heavy atom. The van der Waals surface area contributed by atoms with Gasteiger partial charge >= 0.3 is 6.03 Å². The summed E-state index contributed by atoms with van der Waals surface area (Å²) in [5, 5.41) is 5.65. The predicted molar refractivity (Wildman–Crippen MR) is 74.6 cm³/mol. The molecule has 0 radical (unpaired) electrons. The molecule has 0 aliphatic carbocycles. The maximum absolute atomic E-state index is 11.7. The summed E-state index contributed by atoms with van der Waals surface area (Å²) in [7, 11) is 0. The quantitative estimate of drug-likeness (QED) is 0.843. The molecule has 0 aromatic carbocycles. The second kappa shape index (κ2) is 5.58. The van der Waals surface area contributed by atoms with Gasteiger partial charge in [-0.05, 0) is 43.5 Å². The van der Waals surface area contributed by atoms with Crippen molar-refractivity contribution >= 4 is 17.8 Å². The molecule has 6 nitrogen and oxygen atoms in total. The van der Waals surface area contributed by atoms with Crippen LogP contribution in [-0.2, 0) is 4.79 Å². The van der Waals surface area contributed by atoms with Gasteiger partial charge in [-0.15, -0.1) is 0 Å². The minimum atomic E-state index is -0.386. The van der Waals surface area contributed by atoms with Crippen LogP contribution in [0.5, 0.6) is 0 Å². The van der Waals surface area contributed by atoms with Gasteiger partial charge in [0.1, 0.15) is 5.82 Å². The SMILES string of the molecule is O=C1CCN(c2ccc(C3CCNCC3)cn2)C(=O)N1. The maximum Gasteiger partial charge on any atom is 0.329 e. The van der Waals surface area contributed by atoms with Gasteiger partial charge in [-0.1, -0.05) is 6.07 Å². The number of aromatic nitrogens is 1. The summed E-state index contributed by atoms with van der Waals surface area (Å²) in [6, 6.07) is 3.53. The number of rotatable bonds is 2. The summed E-state index contributed by atoms with van der Waals surface area (Å²) in [5.41, 5.74) is 1.23. The van der Waals surface area contributed by atoms with Gasteiger partial charge in [0, 0.05) is 19.2 Å². The highest BCUT2D eigenvalue weighted by molar-refractivity contribution is 6.05. The monoisotopic (exact) mass is 274 g/mol. The van der Waals surface area contributed by atoms with Crippen LogP contribution in [0.2, 0.25) is 0 Å². The molecule has 0 atom stereocenters. The number of pyridine rings is 1. The van der Waals surface area contributed by atoms with Crippen molar-refractivity contribution < 1.29 is 9.59 Å². The van der Waals surface area contributed by atoms with Crippen LogP contribution in [0.4, 0.5) is 10.6 Å². The molecule has 3 heterocycles. The highest BCUT2D eigenvalue weighted by atomic mass is 16.2. The third-order valence-electron chi connectivity index (χ3n) is 3.91. The Balaban J connectivity index is 1.72. The van der Waals surface area contributed by atoms with Crippen molar-refractivity contribution in [3.05, 3.63) is 23.9 Å². The molecule has 2 aliphatic heterocycles. The van der Waals surface area contributed by atoms with Gasteiger partial charge in [-0.3, -0.25) is 15.0 Å². The fourth-order valence-corrected chi connectivity index (χ4v) is 2.74. The summed E-state index contributed by atoms with van der Waals surface area (Å²) >= 11 is 0. The topological polar surface area (TPSA) is 74.3 Å². The first-order chi connectivity index (χ1) is 9.74. The molecule has 106 valence electrons. The van der Waals surface area contributed by atoms with E-state index >= 15 is 0 Å². The molecule has 2 N–H and O–H groups in total. The Labute approximate surface area is 117 Å². The van der Waals surface area contributed by atoms with Gasteiger partial charge in [0.05, 0.1) is 0 Å². The number of hydrogen-bond acceptors (Lipinski definition) is 4. The number of carbonyl (C=O) groups excluding carboxylic acids is 2. The number of hydrogen-bond donors (Lipinski definition) is 2. The largest absolute Gasteiger partial charge is 0.329 e. The highest BCUT2D eigenvalue weighted by Gasteiger charge is 2.25. The summed E-state index contributed by atoms with van der Waals surface area (Å²) in [4.78, 5) is 28.8. The van der Waals surface area contributed by atoms with Gasteiger partial charge in [0.25, 0.3) is 0 Å². The Morgan fingerprint density at radius 2 is 2.00 bits per heavy atom. The molecular weight excluding hydrogens is 256 g/mol. The fourth-order valence-electron chi connectivity index (χ4n) is 2.74. The van der Waals surface area contributed by atoms with E-state index in [9.17, 15) is 9.59 Å². The number of nitrogens with one attached hydrogen (secondary N) is 2. The molecule has 0 unspecified atom stereocenters. The number of nitrogens with zero attached hydrogens (tertiary/aromatic N) is 2. The molecule has 0 saturated carbocycles. The average molecular weight is 274 g/mol. The fraction of sp³-hybridized carbons (Fsp3) is 0.500. The van der Waals surface area contributed by atoms with Gasteiger partial charge in [-0.25, -0.2) is 9.78 Å². The minimum absolute atomic E-state index is 0.224. The van der Waals surface area contributed by atoms with Gasteiger partial charge in [0.15, 0.2) is 0 Å². The van der Waals surface area contributed by atoms with Crippen molar-refractivity contribution in [1.82, 2.24) is 15.6 Å². The Morgan fingerprint density at radius 3 is 2.65 bits per heavy atom. The Kier molecular flexibility index (Phi) is 3.64. The first kappa shape index (κ1) is 13.1. The van der Waals surface area contributed by atoms with Crippen LogP contribution in [-0.4, -0.2) is 36.6 Å². The normalized spacial score (nSPS) is 20.9. The van der Waals surface area contributed by atoms with E-state index in [2.05, 4.69) is 15.6 Å². The predicted octanol–water partition coefficient (Wildman–Crippen LogP) is 0.995. The first-order valence-corrected chi connectivity index (χ1v) is 7.02. The number of urea groups is 1. The van der Waals surface area contributed by atoms with Crippen LogP contribution in [0.15, 0.2) is 18.3 Å². The smallest absolute Gasteiger partial charge is 0.317 e. The third kappa shape index (κ3) is 2.65. The molecule has 0 bridgehead atoms. The molecule has 2 fully saturated rings. The van der Waals surface area contributed by atoms with E-state index in [4.69, 9.17) is 0 Å². The lowest BCUT2D eigenvalue weighted by Gasteiger charge is -2.26. The molecule has 0 spiro atoms. The second-order valence-corrected chi connectivity index (χ2v) is 5.23. The second-order valence-electron chi connectivity index (χ2n) is 5.23. The summed E-state index contributed by atoms with van der Waals surface area (Å²) in [6.07, 6.45) is 4.43. The lowest BCUT2D eigenvalue weighted by atomic mass is 9.91. The summed E-state index contributed by atoms with van der Waals surface area (Å²) in [6.45, 7) is 2.48. The molecule has 2 saturated heterocycles. The Bertz CT molecular complexity index is 508. The molecule has 2 aliphatic rings. The van der Waals surface area contributed by atoms with E-state index in [1.165, 1.54) is 10.5 Å². The van der Waals surface area contributed by atoms with Crippen molar-refractivity contribution in [1.29, 1.82) is 0 Å². The van der Waals surface area contributed by atoms with Gasteiger partial charge < -0.3 is 5.32 Å². The van der Waals surface area contributed by atoms with Crippen molar-refractivity contribution in [3.63, 3.8) is 0 Å². The Hall–Kier alpha value is -1.95. The van der Waals surface area contributed by atoms with Crippen molar-refractivity contribution in [2.45, 2.75) is 25.2 Å². The number of imide groups is 1. The molecule has 6 heteroatoms. The molecule has 3 amide bonds. The van der Waals surface area contributed by atoms with Crippen LogP contribution in [0.25, 0.3) is 0 Å². The highest BCUT2D eigenvalue weighted by Crippen LogP contribution is 2.26. The molecule has 20 heavy (non-hydrogen) atoms. The van der Waals surface area contributed by atoms with E-state index in [0.29, 0.717) is 24.7 Å². The van der Waals surface area contributed by atoms with Crippen LogP contribution in [0.3, 0.4) is 0 Å². The molecule has 1 aromatic heterocycles. The van der Waals surface area contributed by atoms with E-state index in [1.807, 2.05) is 18.3 Å². The summed E-state index contributed by atoms with van der Waals surface area (Å²) < 4.78 is 0. The lowest BCUT2D eigenvalue weighted by Crippen LogP contribution is -2.49. The molecule has 3 rings (SSSR count). The maximum atomic E-state index is 11.7. The number of piperidine rings is 1. The van der Waals surface area contributed by atoms with Crippen LogP contribution in [0, 0.1) is 0 Å². The number of amides is 3. The number of carbonyl (C=O) groups is 2. The standard InChI is InChI=1S/C14H18N4O2/c19-13-5-8-18(14(20)17-13)12-2-1-11(9-16-12)10-3-6-15-7-4-10/h1-2,9-10,15H,3-8H2,(H,17,19,20). The number of anilines is 1. The van der Waals surface area contributed by atoms with Crippen LogP contribution >= 0.6 is 0 Å². The minimum Gasteiger partial charge on any atom is -0.317 e. The zero-order chi connectivity index (χ0) is 13.9. The average Bonchev–Trinajstić information content (AvgIpc) is 2.48. The van der Waals surface area contributed by atoms with E-state index in [-0.39, 0.29) is 11.9 Å². The van der Waals surface area contributed by atoms with E-state index in [1.54, 1.807) is 0 Å². The zero-order valence-corrected chi connectivity index (χ0v) is 11.3. The van der Waals surface area contributed by atoms with Crippen molar-refractivity contribution in [2.75, 3.05) is 24.5 Å². The molecular formula is C14H18N4O2. The van der Waals surface area contributed by atoms with Gasteiger partial charge in [0.2, 0.25) is 5.91 Å². The first-order valence-electron chi connectivity index (χ1n) is 7.02. The third-order valence-corrected chi connectivity index (χ3v) is 3.91. The molecule has 1 aromatic rings. The van der Waals surface area contributed by atoms with Crippen molar-refractivity contribution in [2.24, 2.45) is 0 Å². The zero-order valence-electron chi connectivity index (χ0n) is 11.3. The van der Waals surface area contributed by atoms with Crippen LogP contribution < -0.4 is 15.5 Å². The van der Waals surface area contributed by atoms with Gasteiger partial charge in [-0.2, -0.15) is 0 Å². The lowest BCUT2D eigenvalue weighted by molar-refractivity contribution is -0.120. The summed E-state index contributed by atoms with van der Waals surface area (Å²) in [5.74, 6) is 0.930.